The maximum Gasteiger partial charge on any atom is 0.155 e. The van der Waals surface area contributed by atoms with Crippen molar-refractivity contribution in [3.63, 3.8) is 0 Å². The number of allylic oxidation sites excluding steroid dienone is 2. The van der Waals surface area contributed by atoms with Gasteiger partial charge in [0.15, 0.2) is 5.78 Å². The lowest BCUT2D eigenvalue weighted by Crippen LogP contribution is -2.23. The molecule has 13 heavy (non-hydrogen) atoms. The Labute approximate surface area is 80.2 Å². The van der Waals surface area contributed by atoms with Crippen LogP contribution < -0.4 is 0 Å². The Kier molecular flexibility index (Phi) is 2.93. The molecule has 1 atom stereocenters. The van der Waals surface area contributed by atoms with Gasteiger partial charge in [-0.3, -0.25) is 4.79 Å². The number of carbonyl (C=O) groups is 1. The molecule has 0 fully saturated rings. The zero-order chi connectivity index (χ0) is 9.90. The number of hydrogen-bond donors (Lipinski definition) is 0. The van der Waals surface area contributed by atoms with E-state index in [9.17, 15) is 4.79 Å². The van der Waals surface area contributed by atoms with E-state index >= 15 is 0 Å². The van der Waals surface area contributed by atoms with Gasteiger partial charge < -0.3 is 0 Å². The first-order valence-electron chi connectivity index (χ1n) is 4.70. The first-order valence-corrected chi connectivity index (χ1v) is 4.70. The number of hydrogen-bond acceptors (Lipinski definition) is 1. The predicted octanol–water partition coefficient (Wildman–Crippen LogP) is 2.72. The summed E-state index contributed by atoms with van der Waals surface area (Å²) in [5.74, 6) is 6.27. The minimum Gasteiger partial charge on any atom is -0.295 e. The second-order valence-corrected chi connectivity index (χ2v) is 3.96. The summed E-state index contributed by atoms with van der Waals surface area (Å²) >= 11 is 0. The fourth-order valence-electron chi connectivity index (χ4n) is 1.60. The van der Waals surface area contributed by atoms with E-state index in [1.165, 1.54) is 5.57 Å². The summed E-state index contributed by atoms with van der Waals surface area (Å²) in [7, 11) is 0. The van der Waals surface area contributed by atoms with Crippen LogP contribution in [0.4, 0.5) is 0 Å². The summed E-state index contributed by atoms with van der Waals surface area (Å²) in [5, 5.41) is 0. The fourth-order valence-corrected chi connectivity index (χ4v) is 1.60. The summed E-state index contributed by atoms with van der Waals surface area (Å²) in [4.78, 5) is 11.1. The average Bonchev–Trinajstić information content (AvgIpc) is 2.09. The topological polar surface area (TPSA) is 17.1 Å². The van der Waals surface area contributed by atoms with E-state index < -0.39 is 0 Å². The van der Waals surface area contributed by atoms with Crippen molar-refractivity contribution in [1.82, 2.24) is 0 Å². The summed E-state index contributed by atoms with van der Waals surface area (Å²) in [6.07, 6.45) is 4.28. The zero-order valence-corrected chi connectivity index (χ0v) is 8.61. The van der Waals surface area contributed by atoms with Crippen molar-refractivity contribution in [2.45, 2.75) is 40.0 Å². The third kappa shape index (κ3) is 2.21. The van der Waals surface area contributed by atoms with Gasteiger partial charge in [-0.1, -0.05) is 12.5 Å². The molecule has 1 heteroatoms. The van der Waals surface area contributed by atoms with E-state index in [0.29, 0.717) is 6.42 Å². The molecule has 0 aromatic rings. The van der Waals surface area contributed by atoms with E-state index in [1.807, 2.05) is 13.8 Å². The van der Waals surface area contributed by atoms with Crippen molar-refractivity contribution in [2.75, 3.05) is 0 Å². The maximum atomic E-state index is 11.1. The Morgan fingerprint density at radius 3 is 2.85 bits per heavy atom. The molecule has 70 valence electrons. The standard InChI is InChI=1S/C12H16O/c1-4-5-7-12(3)8-6-11(13)9-10(12)2/h9H,6-8H2,1-3H3/t12-/m1/s1. The largest absolute Gasteiger partial charge is 0.295 e. The molecule has 0 aromatic heterocycles. The summed E-state index contributed by atoms with van der Waals surface area (Å²) in [6, 6.07) is 0. The van der Waals surface area contributed by atoms with Crippen LogP contribution in [0.15, 0.2) is 11.6 Å². The molecule has 0 spiro atoms. The van der Waals surface area contributed by atoms with Crippen molar-refractivity contribution in [3.8, 4) is 11.8 Å². The normalized spacial score (nSPS) is 27.6. The lowest BCUT2D eigenvalue weighted by molar-refractivity contribution is -0.115. The SMILES string of the molecule is CC#CC[C@]1(C)CCC(=O)C=C1C. The lowest BCUT2D eigenvalue weighted by Gasteiger charge is -2.31. The van der Waals surface area contributed by atoms with Crippen LogP contribution in [-0.4, -0.2) is 5.78 Å². The molecule has 0 saturated heterocycles. The molecule has 0 saturated carbocycles. The van der Waals surface area contributed by atoms with Gasteiger partial charge in [0.25, 0.3) is 0 Å². The molecule has 0 aromatic carbocycles. The van der Waals surface area contributed by atoms with Crippen LogP contribution in [0.2, 0.25) is 0 Å². The molecule has 0 amide bonds. The number of carbonyl (C=O) groups excluding carboxylic acids is 1. The smallest absolute Gasteiger partial charge is 0.155 e. The van der Waals surface area contributed by atoms with Crippen LogP contribution in [0.25, 0.3) is 0 Å². The van der Waals surface area contributed by atoms with Gasteiger partial charge in [0.2, 0.25) is 0 Å². The minimum atomic E-state index is 0.136. The van der Waals surface area contributed by atoms with Crippen molar-refractivity contribution >= 4 is 5.78 Å². The van der Waals surface area contributed by atoms with E-state index in [4.69, 9.17) is 0 Å². The van der Waals surface area contributed by atoms with Crippen LogP contribution in [0.5, 0.6) is 0 Å². The van der Waals surface area contributed by atoms with Crippen LogP contribution in [0, 0.1) is 17.3 Å². The Morgan fingerprint density at radius 2 is 2.31 bits per heavy atom. The van der Waals surface area contributed by atoms with Gasteiger partial charge in [0.05, 0.1) is 0 Å². The molecule has 0 radical (unpaired) electrons. The molecule has 0 N–H and O–H groups in total. The Hall–Kier alpha value is -1.03. The second-order valence-electron chi connectivity index (χ2n) is 3.96. The van der Waals surface area contributed by atoms with Gasteiger partial charge in [-0.15, -0.1) is 11.8 Å². The quantitative estimate of drug-likeness (QED) is 0.561. The molecular weight excluding hydrogens is 160 g/mol. The molecule has 1 rings (SSSR count). The monoisotopic (exact) mass is 176 g/mol. The van der Waals surface area contributed by atoms with Crippen molar-refractivity contribution in [2.24, 2.45) is 5.41 Å². The van der Waals surface area contributed by atoms with Gasteiger partial charge >= 0.3 is 0 Å². The van der Waals surface area contributed by atoms with E-state index in [0.717, 1.165) is 12.8 Å². The predicted molar refractivity (Wildman–Crippen MR) is 54.2 cm³/mol. The fraction of sp³-hybridized carbons (Fsp3) is 0.583. The Morgan fingerprint density at radius 1 is 1.62 bits per heavy atom. The van der Waals surface area contributed by atoms with Gasteiger partial charge in [-0.25, -0.2) is 0 Å². The maximum absolute atomic E-state index is 11.1. The van der Waals surface area contributed by atoms with Gasteiger partial charge in [-0.2, -0.15) is 0 Å². The molecule has 0 heterocycles. The third-order valence-electron chi connectivity index (χ3n) is 2.91. The van der Waals surface area contributed by atoms with Crippen molar-refractivity contribution in [1.29, 1.82) is 0 Å². The first-order chi connectivity index (χ1) is 6.08. The molecule has 1 nitrogen and oxygen atoms in total. The van der Waals surface area contributed by atoms with E-state index in [2.05, 4.69) is 18.8 Å². The lowest BCUT2D eigenvalue weighted by atomic mass is 9.72. The highest BCUT2D eigenvalue weighted by atomic mass is 16.1. The first kappa shape index (κ1) is 10.1. The van der Waals surface area contributed by atoms with E-state index in [-0.39, 0.29) is 11.2 Å². The minimum absolute atomic E-state index is 0.136. The summed E-state index contributed by atoms with van der Waals surface area (Å²) < 4.78 is 0. The van der Waals surface area contributed by atoms with Crippen LogP contribution in [-0.2, 0) is 4.79 Å². The van der Waals surface area contributed by atoms with Crippen LogP contribution in [0.3, 0.4) is 0 Å². The molecule has 1 aliphatic carbocycles. The van der Waals surface area contributed by atoms with Crippen LogP contribution in [0.1, 0.15) is 40.0 Å². The van der Waals surface area contributed by atoms with Gasteiger partial charge in [0, 0.05) is 12.8 Å². The average molecular weight is 176 g/mol. The van der Waals surface area contributed by atoms with Crippen LogP contribution >= 0.6 is 0 Å². The number of ketones is 1. The Balaban J connectivity index is 2.83. The highest BCUT2D eigenvalue weighted by Crippen LogP contribution is 2.38. The zero-order valence-electron chi connectivity index (χ0n) is 8.61. The molecule has 0 unspecified atom stereocenters. The molecule has 1 aliphatic rings. The van der Waals surface area contributed by atoms with E-state index in [1.54, 1.807) is 6.08 Å². The van der Waals surface area contributed by atoms with Gasteiger partial charge in [0.1, 0.15) is 0 Å². The molecule has 0 aliphatic heterocycles. The summed E-state index contributed by atoms with van der Waals surface area (Å²) in [5.41, 5.74) is 1.32. The van der Waals surface area contributed by atoms with Gasteiger partial charge in [-0.05, 0) is 31.8 Å². The molecular formula is C12H16O. The highest BCUT2D eigenvalue weighted by molar-refractivity contribution is 5.91. The third-order valence-corrected chi connectivity index (χ3v) is 2.91. The number of rotatable bonds is 1. The second kappa shape index (κ2) is 3.79. The van der Waals surface area contributed by atoms with Crippen molar-refractivity contribution in [3.05, 3.63) is 11.6 Å². The van der Waals surface area contributed by atoms with Crippen molar-refractivity contribution < 1.29 is 4.79 Å². The Bertz CT molecular complexity index is 301. The summed E-state index contributed by atoms with van der Waals surface area (Å²) in [6.45, 7) is 6.08. The molecule has 0 bridgehead atoms. The highest BCUT2D eigenvalue weighted by Gasteiger charge is 2.29.